The molecule has 0 aliphatic heterocycles. The van der Waals surface area contributed by atoms with E-state index in [4.69, 9.17) is 17.3 Å². The molecule has 0 bridgehead atoms. The zero-order valence-electron chi connectivity index (χ0n) is 11.4. The topological polar surface area (TPSA) is 50.9 Å². The van der Waals surface area contributed by atoms with Crippen LogP contribution < -0.4 is 11.1 Å². The van der Waals surface area contributed by atoms with Gasteiger partial charge in [0, 0.05) is 11.9 Å². The number of nitrogens with two attached hydrogens (primary N) is 1. The highest BCUT2D eigenvalue weighted by molar-refractivity contribution is 6.33. The third-order valence-electron chi connectivity index (χ3n) is 2.95. The van der Waals surface area contributed by atoms with E-state index in [1.54, 1.807) is 12.3 Å². The van der Waals surface area contributed by atoms with Gasteiger partial charge in [0.1, 0.15) is 0 Å². The van der Waals surface area contributed by atoms with Crippen LogP contribution in [-0.2, 0) is 5.41 Å². The second-order valence-electron chi connectivity index (χ2n) is 5.51. The average Bonchev–Trinajstić information content (AvgIpc) is 2.35. The molecule has 0 spiro atoms. The lowest BCUT2D eigenvalue weighted by Crippen LogP contribution is -2.10. The Bertz CT molecular complexity index is 571. The van der Waals surface area contributed by atoms with E-state index in [0.29, 0.717) is 16.5 Å². The molecule has 1 heterocycles. The predicted molar refractivity (Wildman–Crippen MR) is 82.1 cm³/mol. The monoisotopic (exact) mass is 275 g/mol. The van der Waals surface area contributed by atoms with Crippen LogP contribution >= 0.6 is 11.6 Å². The van der Waals surface area contributed by atoms with Gasteiger partial charge < -0.3 is 11.1 Å². The second kappa shape index (κ2) is 5.10. The fourth-order valence-electron chi connectivity index (χ4n) is 1.74. The predicted octanol–water partition coefficient (Wildman–Crippen LogP) is 4.36. The number of rotatable bonds is 2. The molecule has 0 aliphatic rings. The zero-order valence-corrected chi connectivity index (χ0v) is 12.1. The number of halogens is 1. The minimum absolute atomic E-state index is 0.145. The molecular formula is C15H18ClN3. The number of nitrogens with one attached hydrogen (secondary N) is 1. The molecule has 0 saturated heterocycles. The third kappa shape index (κ3) is 3.18. The first-order chi connectivity index (χ1) is 8.88. The minimum Gasteiger partial charge on any atom is -0.395 e. The van der Waals surface area contributed by atoms with Gasteiger partial charge in [0.05, 0.1) is 10.7 Å². The van der Waals surface area contributed by atoms with Gasteiger partial charge >= 0.3 is 0 Å². The standard InChI is InChI=1S/C15H18ClN3/c1-15(2,3)10-4-6-11(7-5-10)19-14-13(17)12(16)8-9-18-14/h4-9H,17H2,1-3H3,(H,18,19). The molecule has 3 N–H and O–H groups in total. The zero-order chi connectivity index (χ0) is 14.0. The lowest BCUT2D eigenvalue weighted by Gasteiger charge is -2.19. The smallest absolute Gasteiger partial charge is 0.155 e. The summed E-state index contributed by atoms with van der Waals surface area (Å²) in [5.74, 6) is 0.580. The number of hydrogen-bond acceptors (Lipinski definition) is 3. The Morgan fingerprint density at radius 2 is 1.74 bits per heavy atom. The molecule has 3 nitrogen and oxygen atoms in total. The number of benzene rings is 1. The van der Waals surface area contributed by atoms with Gasteiger partial charge in [-0.2, -0.15) is 0 Å². The molecule has 0 saturated carbocycles. The van der Waals surface area contributed by atoms with Crippen LogP contribution in [0, 0.1) is 0 Å². The fraction of sp³-hybridized carbons (Fsp3) is 0.267. The summed E-state index contributed by atoms with van der Waals surface area (Å²) < 4.78 is 0. The normalized spacial score (nSPS) is 11.4. The highest BCUT2D eigenvalue weighted by atomic mass is 35.5. The molecule has 19 heavy (non-hydrogen) atoms. The number of hydrogen-bond donors (Lipinski definition) is 2. The van der Waals surface area contributed by atoms with Crippen molar-refractivity contribution in [2.45, 2.75) is 26.2 Å². The van der Waals surface area contributed by atoms with E-state index in [9.17, 15) is 0 Å². The van der Waals surface area contributed by atoms with Crippen LogP contribution in [0.4, 0.5) is 17.2 Å². The molecule has 2 aromatic rings. The maximum absolute atomic E-state index is 5.96. The van der Waals surface area contributed by atoms with Crippen molar-refractivity contribution in [2.75, 3.05) is 11.1 Å². The van der Waals surface area contributed by atoms with Crippen molar-refractivity contribution in [3.05, 3.63) is 47.1 Å². The van der Waals surface area contributed by atoms with Crippen LogP contribution in [0.15, 0.2) is 36.5 Å². The SMILES string of the molecule is CC(C)(C)c1ccc(Nc2nccc(Cl)c2N)cc1. The summed E-state index contributed by atoms with van der Waals surface area (Å²) in [6.07, 6.45) is 1.63. The van der Waals surface area contributed by atoms with E-state index in [2.05, 4.69) is 43.2 Å². The average molecular weight is 276 g/mol. The summed E-state index contributed by atoms with van der Waals surface area (Å²) in [5, 5.41) is 3.67. The van der Waals surface area contributed by atoms with Crippen LogP contribution in [-0.4, -0.2) is 4.98 Å². The van der Waals surface area contributed by atoms with E-state index in [1.165, 1.54) is 5.56 Å². The number of pyridine rings is 1. The maximum Gasteiger partial charge on any atom is 0.155 e. The Morgan fingerprint density at radius 1 is 1.11 bits per heavy atom. The van der Waals surface area contributed by atoms with Crippen molar-refractivity contribution < 1.29 is 0 Å². The molecule has 4 heteroatoms. The molecular weight excluding hydrogens is 258 g/mol. The van der Waals surface area contributed by atoms with E-state index < -0.39 is 0 Å². The number of nitrogen functional groups attached to an aromatic ring is 1. The molecule has 1 aromatic carbocycles. The Labute approximate surface area is 118 Å². The largest absolute Gasteiger partial charge is 0.395 e. The lowest BCUT2D eigenvalue weighted by atomic mass is 9.87. The summed E-state index contributed by atoms with van der Waals surface area (Å²) in [6, 6.07) is 9.90. The summed E-state index contributed by atoms with van der Waals surface area (Å²) in [4.78, 5) is 4.19. The van der Waals surface area contributed by atoms with Crippen molar-refractivity contribution in [2.24, 2.45) is 0 Å². The minimum atomic E-state index is 0.145. The van der Waals surface area contributed by atoms with E-state index in [-0.39, 0.29) is 5.41 Å². The first-order valence-electron chi connectivity index (χ1n) is 6.15. The van der Waals surface area contributed by atoms with Gasteiger partial charge in [-0.25, -0.2) is 4.98 Å². The molecule has 0 radical (unpaired) electrons. The van der Waals surface area contributed by atoms with Crippen LogP contribution in [0.5, 0.6) is 0 Å². The highest BCUT2D eigenvalue weighted by Gasteiger charge is 2.13. The van der Waals surface area contributed by atoms with Gasteiger partial charge in [0.2, 0.25) is 0 Å². The van der Waals surface area contributed by atoms with Gasteiger partial charge in [-0.1, -0.05) is 44.5 Å². The van der Waals surface area contributed by atoms with Crippen LogP contribution in [0.3, 0.4) is 0 Å². The van der Waals surface area contributed by atoms with Crippen molar-refractivity contribution >= 4 is 28.8 Å². The van der Waals surface area contributed by atoms with Crippen LogP contribution in [0.2, 0.25) is 5.02 Å². The molecule has 0 amide bonds. The summed E-state index contributed by atoms with van der Waals surface area (Å²) in [5.41, 5.74) is 8.70. The Hall–Kier alpha value is -1.74. The van der Waals surface area contributed by atoms with E-state index in [1.807, 2.05) is 12.1 Å². The van der Waals surface area contributed by atoms with Crippen molar-refractivity contribution in [3.63, 3.8) is 0 Å². The molecule has 0 atom stereocenters. The van der Waals surface area contributed by atoms with Crippen LogP contribution in [0.25, 0.3) is 0 Å². The third-order valence-corrected chi connectivity index (χ3v) is 3.28. The van der Waals surface area contributed by atoms with Crippen molar-refractivity contribution in [3.8, 4) is 0 Å². The number of nitrogens with zero attached hydrogens (tertiary/aromatic N) is 1. The Kier molecular flexibility index (Phi) is 3.67. The van der Waals surface area contributed by atoms with Gasteiger partial charge in [-0.05, 0) is 29.2 Å². The Balaban J connectivity index is 2.23. The van der Waals surface area contributed by atoms with Gasteiger partial charge in [0.25, 0.3) is 0 Å². The first kappa shape index (κ1) is 13.7. The highest BCUT2D eigenvalue weighted by Crippen LogP contribution is 2.28. The first-order valence-corrected chi connectivity index (χ1v) is 6.53. The summed E-state index contributed by atoms with van der Waals surface area (Å²) in [6.45, 7) is 6.56. The van der Waals surface area contributed by atoms with Crippen molar-refractivity contribution in [1.29, 1.82) is 0 Å². The van der Waals surface area contributed by atoms with Crippen LogP contribution in [0.1, 0.15) is 26.3 Å². The molecule has 100 valence electrons. The lowest BCUT2D eigenvalue weighted by molar-refractivity contribution is 0.590. The van der Waals surface area contributed by atoms with E-state index >= 15 is 0 Å². The number of aromatic nitrogens is 1. The second-order valence-corrected chi connectivity index (χ2v) is 5.91. The maximum atomic E-state index is 5.96. The molecule has 2 rings (SSSR count). The van der Waals surface area contributed by atoms with Gasteiger partial charge in [-0.3, -0.25) is 0 Å². The molecule has 0 unspecified atom stereocenters. The Morgan fingerprint density at radius 3 is 2.32 bits per heavy atom. The fourth-order valence-corrected chi connectivity index (χ4v) is 1.89. The molecule has 1 aromatic heterocycles. The van der Waals surface area contributed by atoms with Gasteiger partial charge in [0.15, 0.2) is 5.82 Å². The van der Waals surface area contributed by atoms with Gasteiger partial charge in [-0.15, -0.1) is 0 Å². The molecule has 0 fully saturated rings. The van der Waals surface area contributed by atoms with E-state index in [0.717, 1.165) is 5.69 Å². The van der Waals surface area contributed by atoms with Crippen molar-refractivity contribution in [1.82, 2.24) is 4.98 Å². The summed E-state index contributed by atoms with van der Waals surface area (Å²) >= 11 is 5.96. The summed E-state index contributed by atoms with van der Waals surface area (Å²) in [7, 11) is 0. The number of anilines is 3. The quantitative estimate of drug-likeness (QED) is 0.856. The molecule has 0 aliphatic carbocycles.